The number of halogens is 2. The van der Waals surface area contributed by atoms with Crippen LogP contribution < -0.4 is 11.3 Å². The van der Waals surface area contributed by atoms with Crippen molar-refractivity contribution in [1.29, 1.82) is 0 Å². The number of rotatable bonds is 4. The third-order valence-corrected chi connectivity index (χ3v) is 5.97. The van der Waals surface area contributed by atoms with Crippen LogP contribution in [0, 0.1) is 0 Å². The van der Waals surface area contributed by atoms with Crippen molar-refractivity contribution in [3.8, 4) is 0 Å². The summed E-state index contributed by atoms with van der Waals surface area (Å²) in [5.41, 5.74) is 5.36. The molecule has 3 N–H and O–H groups in total. The second kappa shape index (κ2) is 6.59. The van der Waals surface area contributed by atoms with Crippen molar-refractivity contribution in [2.75, 3.05) is 5.75 Å². The highest BCUT2D eigenvalue weighted by atomic mass is 35.5. The SMILES string of the molecule is NNC(Cc1cccc(Cl)c1Cl)C1CSc2ccccc21. The topological polar surface area (TPSA) is 38.0 Å². The van der Waals surface area contributed by atoms with E-state index in [-0.39, 0.29) is 6.04 Å². The molecule has 1 heterocycles. The van der Waals surface area contributed by atoms with Gasteiger partial charge in [-0.05, 0) is 29.7 Å². The van der Waals surface area contributed by atoms with Crippen molar-refractivity contribution in [2.45, 2.75) is 23.3 Å². The molecule has 1 aliphatic rings. The van der Waals surface area contributed by atoms with Gasteiger partial charge in [0.1, 0.15) is 0 Å². The standard InChI is InChI=1S/C16H16Cl2N2S/c17-13-6-3-4-10(16(13)18)8-14(20-19)12-9-21-15-7-2-1-5-11(12)15/h1-7,12,14,20H,8-9,19H2. The first-order valence-electron chi connectivity index (χ1n) is 6.81. The molecule has 0 spiro atoms. The fourth-order valence-corrected chi connectivity index (χ4v) is 4.51. The molecule has 110 valence electrons. The van der Waals surface area contributed by atoms with E-state index in [1.54, 1.807) is 6.07 Å². The van der Waals surface area contributed by atoms with Crippen molar-refractivity contribution in [3.63, 3.8) is 0 Å². The smallest absolute Gasteiger partial charge is 0.0624 e. The van der Waals surface area contributed by atoms with Gasteiger partial charge in [0, 0.05) is 22.6 Å². The molecule has 0 amide bonds. The van der Waals surface area contributed by atoms with E-state index >= 15 is 0 Å². The number of hydrazine groups is 1. The first kappa shape index (κ1) is 15.2. The molecule has 2 atom stereocenters. The Morgan fingerprint density at radius 1 is 1.19 bits per heavy atom. The molecule has 2 aromatic rings. The van der Waals surface area contributed by atoms with Crippen LogP contribution in [0.3, 0.4) is 0 Å². The summed E-state index contributed by atoms with van der Waals surface area (Å²) in [5.74, 6) is 7.23. The van der Waals surface area contributed by atoms with E-state index < -0.39 is 0 Å². The van der Waals surface area contributed by atoms with E-state index in [2.05, 4.69) is 29.7 Å². The van der Waals surface area contributed by atoms with Gasteiger partial charge in [-0.1, -0.05) is 53.5 Å². The predicted octanol–water partition coefficient (Wildman–Crippen LogP) is 4.26. The summed E-state index contributed by atoms with van der Waals surface area (Å²) in [5, 5.41) is 1.21. The number of benzene rings is 2. The normalized spacial score (nSPS) is 18.5. The number of fused-ring (bicyclic) bond motifs is 1. The average molecular weight is 339 g/mol. The highest BCUT2D eigenvalue weighted by Crippen LogP contribution is 2.42. The lowest BCUT2D eigenvalue weighted by Gasteiger charge is -2.24. The Morgan fingerprint density at radius 2 is 2.00 bits per heavy atom. The van der Waals surface area contributed by atoms with Gasteiger partial charge >= 0.3 is 0 Å². The van der Waals surface area contributed by atoms with E-state index in [1.165, 1.54) is 10.5 Å². The van der Waals surface area contributed by atoms with Gasteiger partial charge in [-0.2, -0.15) is 0 Å². The fraction of sp³-hybridized carbons (Fsp3) is 0.250. The lowest BCUT2D eigenvalue weighted by molar-refractivity contribution is 0.463. The maximum Gasteiger partial charge on any atom is 0.0624 e. The molecule has 0 aromatic heterocycles. The van der Waals surface area contributed by atoms with Crippen molar-refractivity contribution in [1.82, 2.24) is 5.43 Å². The van der Waals surface area contributed by atoms with Gasteiger partial charge in [-0.15, -0.1) is 11.8 Å². The van der Waals surface area contributed by atoms with Crippen molar-refractivity contribution in [2.24, 2.45) is 5.84 Å². The van der Waals surface area contributed by atoms with Crippen LogP contribution in [0.2, 0.25) is 10.0 Å². The van der Waals surface area contributed by atoms with E-state index in [1.807, 2.05) is 23.9 Å². The molecule has 0 fully saturated rings. The molecule has 0 bridgehead atoms. The molecule has 0 saturated carbocycles. The van der Waals surface area contributed by atoms with Crippen LogP contribution in [-0.2, 0) is 6.42 Å². The van der Waals surface area contributed by atoms with E-state index in [0.717, 1.165) is 17.7 Å². The Balaban J connectivity index is 1.85. The minimum Gasteiger partial charge on any atom is -0.271 e. The molecule has 0 saturated heterocycles. The largest absolute Gasteiger partial charge is 0.271 e. The van der Waals surface area contributed by atoms with Crippen molar-refractivity contribution >= 4 is 35.0 Å². The minimum absolute atomic E-state index is 0.136. The van der Waals surface area contributed by atoms with Crippen molar-refractivity contribution in [3.05, 3.63) is 63.6 Å². The highest BCUT2D eigenvalue weighted by Gasteiger charge is 2.30. The van der Waals surface area contributed by atoms with Crippen LogP contribution in [0.15, 0.2) is 47.4 Å². The summed E-state index contributed by atoms with van der Waals surface area (Å²) < 4.78 is 0. The molecule has 2 nitrogen and oxygen atoms in total. The van der Waals surface area contributed by atoms with Gasteiger partial charge in [0.2, 0.25) is 0 Å². The molecule has 0 radical (unpaired) electrons. The Hall–Kier alpha value is -0.710. The highest BCUT2D eigenvalue weighted by molar-refractivity contribution is 7.99. The van der Waals surface area contributed by atoms with Gasteiger partial charge in [-0.3, -0.25) is 11.3 Å². The van der Waals surface area contributed by atoms with Crippen LogP contribution >= 0.6 is 35.0 Å². The van der Waals surface area contributed by atoms with Crippen LogP contribution in [0.5, 0.6) is 0 Å². The number of hydrogen-bond acceptors (Lipinski definition) is 3. The predicted molar refractivity (Wildman–Crippen MR) is 91.2 cm³/mol. The lowest BCUT2D eigenvalue weighted by Crippen LogP contribution is -2.41. The molecule has 3 rings (SSSR count). The Morgan fingerprint density at radius 3 is 2.81 bits per heavy atom. The zero-order valence-electron chi connectivity index (χ0n) is 11.4. The second-order valence-electron chi connectivity index (χ2n) is 5.15. The molecule has 21 heavy (non-hydrogen) atoms. The molecule has 2 aromatic carbocycles. The summed E-state index contributed by atoms with van der Waals surface area (Å²) in [6.07, 6.45) is 0.759. The number of nitrogens with one attached hydrogen (secondary N) is 1. The zero-order valence-corrected chi connectivity index (χ0v) is 13.7. The summed E-state index contributed by atoms with van der Waals surface area (Å²) in [6.45, 7) is 0. The molecular weight excluding hydrogens is 323 g/mol. The van der Waals surface area contributed by atoms with Gasteiger partial charge in [0.25, 0.3) is 0 Å². The Kier molecular flexibility index (Phi) is 4.77. The quantitative estimate of drug-likeness (QED) is 0.646. The van der Waals surface area contributed by atoms with Crippen LogP contribution in [0.25, 0.3) is 0 Å². The van der Waals surface area contributed by atoms with Gasteiger partial charge in [0.15, 0.2) is 0 Å². The van der Waals surface area contributed by atoms with Gasteiger partial charge < -0.3 is 0 Å². The third kappa shape index (κ3) is 3.08. The third-order valence-electron chi connectivity index (χ3n) is 3.91. The van der Waals surface area contributed by atoms with Gasteiger partial charge in [-0.25, -0.2) is 0 Å². The van der Waals surface area contributed by atoms with E-state index in [9.17, 15) is 0 Å². The summed E-state index contributed by atoms with van der Waals surface area (Å²) >= 11 is 14.3. The second-order valence-corrected chi connectivity index (χ2v) is 6.99. The lowest BCUT2D eigenvalue weighted by atomic mass is 9.89. The van der Waals surface area contributed by atoms with Crippen molar-refractivity contribution < 1.29 is 0 Å². The first-order chi connectivity index (χ1) is 10.2. The van der Waals surface area contributed by atoms with E-state index in [4.69, 9.17) is 29.0 Å². The molecule has 5 heteroatoms. The maximum atomic E-state index is 6.30. The number of nitrogens with two attached hydrogens (primary N) is 1. The van der Waals surface area contributed by atoms with Crippen LogP contribution in [0.4, 0.5) is 0 Å². The number of thioether (sulfide) groups is 1. The molecule has 0 aliphatic carbocycles. The fourth-order valence-electron chi connectivity index (χ4n) is 2.78. The van der Waals surface area contributed by atoms with Crippen LogP contribution in [-0.4, -0.2) is 11.8 Å². The molecule has 1 aliphatic heterocycles. The van der Waals surface area contributed by atoms with Gasteiger partial charge in [0.05, 0.1) is 10.0 Å². The Labute approximate surface area is 139 Å². The van der Waals surface area contributed by atoms with Crippen LogP contribution in [0.1, 0.15) is 17.0 Å². The summed E-state index contributed by atoms with van der Waals surface area (Å²) in [6, 6.07) is 14.4. The average Bonchev–Trinajstić information content (AvgIpc) is 2.93. The minimum atomic E-state index is 0.136. The summed E-state index contributed by atoms with van der Waals surface area (Å²) in [7, 11) is 0. The number of hydrogen-bond donors (Lipinski definition) is 2. The monoisotopic (exact) mass is 338 g/mol. The summed E-state index contributed by atoms with van der Waals surface area (Å²) in [4.78, 5) is 1.35. The zero-order chi connectivity index (χ0) is 14.8. The molecule has 2 unspecified atom stereocenters. The molecular formula is C16H16Cl2N2S. The van der Waals surface area contributed by atoms with E-state index in [0.29, 0.717) is 16.0 Å². The maximum absolute atomic E-state index is 6.30. The first-order valence-corrected chi connectivity index (χ1v) is 8.55. The Bertz CT molecular complexity index is 648.